The van der Waals surface area contributed by atoms with E-state index in [0.717, 1.165) is 18.9 Å². The Labute approximate surface area is 118 Å². The molecular formula is C13H19FN2O3S. The molecule has 0 aromatic heterocycles. The van der Waals surface area contributed by atoms with Gasteiger partial charge < -0.3 is 9.64 Å². The van der Waals surface area contributed by atoms with Gasteiger partial charge in [-0.25, -0.2) is 17.5 Å². The number of hydrogen-bond donors (Lipinski definition) is 1. The van der Waals surface area contributed by atoms with Gasteiger partial charge >= 0.3 is 0 Å². The van der Waals surface area contributed by atoms with Crippen molar-refractivity contribution in [2.24, 2.45) is 0 Å². The smallest absolute Gasteiger partial charge is 0.240 e. The van der Waals surface area contributed by atoms with Crippen LogP contribution in [0.25, 0.3) is 0 Å². The molecule has 1 fully saturated rings. The van der Waals surface area contributed by atoms with Gasteiger partial charge in [0.25, 0.3) is 0 Å². The molecule has 1 aliphatic rings. The fourth-order valence-electron chi connectivity index (χ4n) is 2.30. The number of nitrogens with zero attached hydrogens (tertiary/aromatic N) is 1. The molecule has 1 aromatic carbocycles. The van der Waals surface area contributed by atoms with Gasteiger partial charge in [0, 0.05) is 20.2 Å². The standard InChI is InChI=1S/C13H19FN2O3S/c1-15-20(17,18)11-4-5-13(12(14)8-11)16(2)9-6-10(7-9)19-3/h4-5,8-10,15H,6-7H2,1-3H3. The number of hydrogen-bond acceptors (Lipinski definition) is 4. The highest BCUT2D eigenvalue weighted by Gasteiger charge is 2.33. The molecule has 1 N–H and O–H groups in total. The molecule has 7 heteroatoms. The van der Waals surface area contributed by atoms with Crippen molar-refractivity contribution in [1.82, 2.24) is 4.72 Å². The van der Waals surface area contributed by atoms with E-state index in [1.54, 1.807) is 14.2 Å². The van der Waals surface area contributed by atoms with Crippen LogP contribution >= 0.6 is 0 Å². The summed E-state index contributed by atoms with van der Waals surface area (Å²) in [6, 6.07) is 4.18. The average Bonchev–Trinajstić information content (AvgIpc) is 2.37. The number of ether oxygens (including phenoxy) is 1. The summed E-state index contributed by atoms with van der Waals surface area (Å²) in [7, 11) is 1.15. The highest BCUT2D eigenvalue weighted by atomic mass is 32.2. The second-order valence-electron chi connectivity index (χ2n) is 4.91. The van der Waals surface area contributed by atoms with Crippen molar-refractivity contribution in [2.45, 2.75) is 29.9 Å². The molecule has 112 valence electrons. The fourth-order valence-corrected chi connectivity index (χ4v) is 3.04. The average molecular weight is 302 g/mol. The van der Waals surface area contributed by atoms with E-state index >= 15 is 0 Å². The monoisotopic (exact) mass is 302 g/mol. The number of nitrogens with one attached hydrogen (secondary N) is 1. The fraction of sp³-hybridized carbons (Fsp3) is 0.538. The minimum atomic E-state index is -3.62. The number of anilines is 1. The maximum atomic E-state index is 14.1. The summed E-state index contributed by atoms with van der Waals surface area (Å²) in [6.45, 7) is 0. The lowest BCUT2D eigenvalue weighted by atomic mass is 9.88. The molecule has 1 saturated carbocycles. The lowest BCUT2D eigenvalue weighted by Crippen LogP contribution is -2.46. The highest BCUT2D eigenvalue weighted by molar-refractivity contribution is 7.89. The molecule has 0 bridgehead atoms. The normalized spacial score (nSPS) is 22.4. The Balaban J connectivity index is 2.18. The first-order chi connectivity index (χ1) is 9.39. The summed E-state index contributed by atoms with van der Waals surface area (Å²) in [4.78, 5) is 1.76. The first kappa shape index (κ1) is 15.2. The van der Waals surface area contributed by atoms with Gasteiger partial charge in [0.05, 0.1) is 16.7 Å². The molecule has 0 spiro atoms. The van der Waals surface area contributed by atoms with E-state index in [-0.39, 0.29) is 17.0 Å². The van der Waals surface area contributed by atoms with Crippen LogP contribution in [0.15, 0.2) is 23.1 Å². The summed E-state index contributed by atoms with van der Waals surface area (Å²) < 4.78 is 44.7. The Hall–Kier alpha value is -1.18. The number of methoxy groups -OCH3 is 1. The van der Waals surface area contributed by atoms with E-state index in [9.17, 15) is 12.8 Å². The molecule has 5 nitrogen and oxygen atoms in total. The molecular weight excluding hydrogens is 283 g/mol. The zero-order chi connectivity index (χ0) is 14.9. The van der Waals surface area contributed by atoms with Gasteiger partial charge in [0.15, 0.2) is 0 Å². The summed E-state index contributed by atoms with van der Waals surface area (Å²) in [5, 5.41) is 0. The third-order valence-electron chi connectivity index (χ3n) is 3.83. The van der Waals surface area contributed by atoms with E-state index in [4.69, 9.17) is 4.74 Å². The minimum absolute atomic E-state index is 0.0713. The lowest BCUT2D eigenvalue weighted by molar-refractivity contribution is 0.0265. The van der Waals surface area contributed by atoms with Crippen molar-refractivity contribution in [3.63, 3.8) is 0 Å². The molecule has 0 amide bonds. The predicted molar refractivity (Wildman–Crippen MR) is 74.9 cm³/mol. The van der Waals surface area contributed by atoms with Crippen molar-refractivity contribution >= 4 is 15.7 Å². The summed E-state index contributed by atoms with van der Waals surface area (Å²) in [5.41, 5.74) is 0.402. The number of halogens is 1. The topological polar surface area (TPSA) is 58.6 Å². The van der Waals surface area contributed by atoms with Crippen LogP contribution in [0, 0.1) is 5.82 Å². The van der Waals surface area contributed by atoms with E-state index < -0.39 is 15.8 Å². The molecule has 0 aliphatic heterocycles. The van der Waals surface area contributed by atoms with Crippen molar-refractivity contribution < 1.29 is 17.5 Å². The Morgan fingerprint density at radius 1 is 1.40 bits per heavy atom. The Morgan fingerprint density at radius 2 is 2.05 bits per heavy atom. The molecule has 0 unspecified atom stereocenters. The van der Waals surface area contributed by atoms with E-state index in [1.807, 2.05) is 4.90 Å². The van der Waals surface area contributed by atoms with E-state index in [2.05, 4.69) is 4.72 Å². The van der Waals surface area contributed by atoms with Crippen LogP contribution in [-0.4, -0.2) is 41.8 Å². The third-order valence-corrected chi connectivity index (χ3v) is 5.24. The molecule has 1 aliphatic carbocycles. The van der Waals surface area contributed by atoms with Gasteiger partial charge in [0.1, 0.15) is 5.82 Å². The zero-order valence-corrected chi connectivity index (χ0v) is 12.6. The second kappa shape index (κ2) is 5.67. The highest BCUT2D eigenvalue weighted by Crippen LogP contribution is 2.32. The Kier molecular flexibility index (Phi) is 4.31. The first-order valence-corrected chi connectivity index (χ1v) is 7.86. The van der Waals surface area contributed by atoms with Gasteiger partial charge in [-0.05, 0) is 38.1 Å². The minimum Gasteiger partial charge on any atom is -0.381 e. The molecule has 0 saturated heterocycles. The van der Waals surface area contributed by atoms with E-state index in [1.165, 1.54) is 19.2 Å². The molecule has 20 heavy (non-hydrogen) atoms. The molecule has 0 heterocycles. The van der Waals surface area contributed by atoms with E-state index in [0.29, 0.717) is 5.69 Å². The van der Waals surface area contributed by atoms with Crippen LogP contribution in [0.2, 0.25) is 0 Å². The van der Waals surface area contributed by atoms with Gasteiger partial charge in [-0.2, -0.15) is 0 Å². The number of rotatable bonds is 5. The van der Waals surface area contributed by atoms with Crippen LogP contribution in [0.5, 0.6) is 0 Å². The van der Waals surface area contributed by atoms with Gasteiger partial charge in [-0.15, -0.1) is 0 Å². The summed E-state index contributed by atoms with van der Waals surface area (Å²) in [5.74, 6) is -0.537. The van der Waals surface area contributed by atoms with Crippen LogP contribution < -0.4 is 9.62 Å². The third kappa shape index (κ3) is 2.79. The van der Waals surface area contributed by atoms with Gasteiger partial charge in [-0.1, -0.05) is 0 Å². The van der Waals surface area contributed by atoms with Gasteiger partial charge in [0.2, 0.25) is 10.0 Å². The predicted octanol–water partition coefficient (Wildman–Crippen LogP) is 1.35. The zero-order valence-electron chi connectivity index (χ0n) is 11.8. The van der Waals surface area contributed by atoms with Crippen molar-refractivity contribution in [3.8, 4) is 0 Å². The Morgan fingerprint density at radius 3 is 2.55 bits per heavy atom. The van der Waals surface area contributed by atoms with Crippen molar-refractivity contribution in [2.75, 3.05) is 26.1 Å². The first-order valence-electron chi connectivity index (χ1n) is 6.37. The van der Waals surface area contributed by atoms with Crippen molar-refractivity contribution in [3.05, 3.63) is 24.0 Å². The Bertz CT molecular complexity index is 585. The molecule has 0 atom stereocenters. The SMILES string of the molecule is CNS(=O)(=O)c1ccc(N(C)C2CC(OC)C2)c(F)c1. The van der Waals surface area contributed by atoms with Crippen molar-refractivity contribution in [1.29, 1.82) is 0 Å². The second-order valence-corrected chi connectivity index (χ2v) is 6.80. The summed E-state index contributed by atoms with van der Waals surface area (Å²) >= 11 is 0. The molecule has 0 radical (unpaired) electrons. The molecule has 2 rings (SSSR count). The van der Waals surface area contributed by atoms with Crippen LogP contribution in [0.4, 0.5) is 10.1 Å². The summed E-state index contributed by atoms with van der Waals surface area (Å²) in [6.07, 6.45) is 1.93. The van der Waals surface area contributed by atoms with Crippen LogP contribution in [0.1, 0.15) is 12.8 Å². The molecule has 1 aromatic rings. The lowest BCUT2D eigenvalue weighted by Gasteiger charge is -2.41. The largest absolute Gasteiger partial charge is 0.381 e. The quantitative estimate of drug-likeness (QED) is 0.892. The van der Waals surface area contributed by atoms with Crippen LogP contribution in [0.3, 0.4) is 0 Å². The maximum Gasteiger partial charge on any atom is 0.240 e. The maximum absolute atomic E-state index is 14.1. The number of benzene rings is 1. The van der Waals surface area contributed by atoms with Gasteiger partial charge in [-0.3, -0.25) is 0 Å². The number of sulfonamides is 1. The van der Waals surface area contributed by atoms with Crippen LogP contribution in [-0.2, 0) is 14.8 Å².